The molecule has 0 saturated carbocycles. The van der Waals surface area contributed by atoms with Gasteiger partial charge in [-0.1, -0.05) is 78.9 Å². The minimum atomic E-state index is -0.393. The third kappa shape index (κ3) is 6.95. The topological polar surface area (TPSA) is 44.2 Å². The molecule has 0 aliphatic carbocycles. The van der Waals surface area contributed by atoms with Crippen LogP contribution < -0.4 is 5.46 Å². The normalized spacial score (nSPS) is 15.4. The fraction of sp³-hybridized carbons (Fsp3) is 0.300. The van der Waals surface area contributed by atoms with Gasteiger partial charge in [-0.2, -0.15) is 0 Å². The van der Waals surface area contributed by atoms with Gasteiger partial charge in [-0.25, -0.2) is 0 Å². The van der Waals surface area contributed by atoms with E-state index in [2.05, 4.69) is 120 Å². The van der Waals surface area contributed by atoms with Crippen LogP contribution in [0.4, 0.5) is 0 Å². The van der Waals surface area contributed by atoms with E-state index in [1.165, 1.54) is 33.4 Å². The summed E-state index contributed by atoms with van der Waals surface area (Å²) in [5.74, 6) is 0. The van der Waals surface area contributed by atoms with E-state index in [9.17, 15) is 0 Å². The zero-order valence-electron chi connectivity index (χ0n) is 27.4. The monoisotopic (exact) mass is 594 g/mol. The average Bonchev–Trinajstić information content (AvgIpc) is 3.26. The van der Waals surface area contributed by atoms with Gasteiger partial charge in [0.2, 0.25) is 0 Å². The Morgan fingerprint density at radius 2 is 0.978 bits per heavy atom. The number of aryl methyl sites for hydroxylation is 6. The van der Waals surface area contributed by atoms with Crippen LogP contribution in [0.2, 0.25) is 0 Å². The maximum absolute atomic E-state index is 6.49. The summed E-state index contributed by atoms with van der Waals surface area (Å²) < 4.78 is 13.0. The van der Waals surface area contributed by atoms with Gasteiger partial charge in [-0.15, -0.1) is 0 Å². The van der Waals surface area contributed by atoms with Gasteiger partial charge in [-0.3, -0.25) is 9.97 Å². The Morgan fingerprint density at radius 1 is 0.556 bits per heavy atom. The van der Waals surface area contributed by atoms with Crippen LogP contribution in [0.25, 0.3) is 22.5 Å². The highest BCUT2D eigenvalue weighted by atomic mass is 16.7. The molecule has 6 rings (SSSR count). The first-order valence-electron chi connectivity index (χ1n) is 16.1. The zero-order valence-corrected chi connectivity index (χ0v) is 27.4. The molecule has 0 amide bonds. The molecule has 0 radical (unpaired) electrons. The van der Waals surface area contributed by atoms with Gasteiger partial charge in [0.25, 0.3) is 0 Å². The predicted octanol–water partition coefficient (Wildman–Crippen LogP) is 8.30. The molecular weight excluding hydrogens is 551 g/mol. The maximum Gasteiger partial charge on any atom is 0.494 e. The van der Waals surface area contributed by atoms with E-state index in [4.69, 9.17) is 19.3 Å². The SMILES string of the molecule is Cc1cc(-c2ccccc2)ncc1CCc1cc(CCc2cnc(-c3ccccc3)cc2C)cc(B2OC(C)(C)C(C)(C)O2)c1. The second kappa shape index (κ2) is 12.7. The Balaban J connectivity index is 1.23. The number of hydrogen-bond donors (Lipinski definition) is 0. The average molecular weight is 595 g/mol. The molecule has 0 bridgehead atoms. The van der Waals surface area contributed by atoms with Gasteiger partial charge >= 0.3 is 7.12 Å². The van der Waals surface area contributed by atoms with Crippen LogP contribution in [-0.4, -0.2) is 28.3 Å². The lowest BCUT2D eigenvalue weighted by molar-refractivity contribution is 0.00578. The lowest BCUT2D eigenvalue weighted by atomic mass is 9.76. The lowest BCUT2D eigenvalue weighted by Gasteiger charge is -2.32. The second-order valence-corrected chi connectivity index (χ2v) is 13.4. The van der Waals surface area contributed by atoms with E-state index in [1.807, 2.05) is 24.5 Å². The van der Waals surface area contributed by atoms with Gasteiger partial charge in [-0.05, 0) is 118 Å². The van der Waals surface area contributed by atoms with Crippen molar-refractivity contribution in [3.05, 3.63) is 137 Å². The number of nitrogens with zero attached hydrogens (tertiary/aromatic N) is 2. The van der Waals surface area contributed by atoms with Crippen molar-refractivity contribution in [1.29, 1.82) is 0 Å². The third-order valence-electron chi connectivity index (χ3n) is 9.54. The van der Waals surface area contributed by atoms with Crippen molar-refractivity contribution in [2.24, 2.45) is 0 Å². The summed E-state index contributed by atoms with van der Waals surface area (Å²) in [6, 6.07) is 32.1. The summed E-state index contributed by atoms with van der Waals surface area (Å²) in [5.41, 5.74) is 12.3. The van der Waals surface area contributed by atoms with Crippen molar-refractivity contribution in [2.45, 2.75) is 78.4 Å². The van der Waals surface area contributed by atoms with Crippen molar-refractivity contribution in [3.8, 4) is 22.5 Å². The highest BCUT2D eigenvalue weighted by molar-refractivity contribution is 6.62. The summed E-state index contributed by atoms with van der Waals surface area (Å²) in [6.45, 7) is 12.8. The van der Waals surface area contributed by atoms with Crippen LogP contribution in [0.1, 0.15) is 61.1 Å². The largest absolute Gasteiger partial charge is 0.494 e. The highest BCUT2D eigenvalue weighted by Gasteiger charge is 2.51. The minimum absolute atomic E-state index is 0.388. The number of hydrogen-bond acceptors (Lipinski definition) is 4. The molecule has 0 unspecified atom stereocenters. The van der Waals surface area contributed by atoms with Gasteiger partial charge in [0.1, 0.15) is 0 Å². The van der Waals surface area contributed by atoms with E-state index < -0.39 is 7.12 Å². The second-order valence-electron chi connectivity index (χ2n) is 13.4. The number of pyridine rings is 2. The maximum atomic E-state index is 6.49. The summed E-state index contributed by atoms with van der Waals surface area (Å²) in [7, 11) is -0.393. The molecule has 2 aromatic heterocycles. The third-order valence-corrected chi connectivity index (χ3v) is 9.54. The van der Waals surface area contributed by atoms with E-state index >= 15 is 0 Å². The Labute approximate surface area is 269 Å². The Hall–Kier alpha value is -4.06. The van der Waals surface area contributed by atoms with Crippen molar-refractivity contribution in [2.75, 3.05) is 0 Å². The molecule has 3 heterocycles. The molecule has 1 aliphatic heterocycles. The van der Waals surface area contributed by atoms with Gasteiger partial charge < -0.3 is 9.31 Å². The van der Waals surface area contributed by atoms with Crippen molar-refractivity contribution >= 4 is 12.6 Å². The van der Waals surface area contributed by atoms with Crippen molar-refractivity contribution in [3.63, 3.8) is 0 Å². The van der Waals surface area contributed by atoms with Crippen LogP contribution in [0.5, 0.6) is 0 Å². The molecule has 1 aliphatic rings. The van der Waals surface area contributed by atoms with E-state index in [-0.39, 0.29) is 11.2 Å². The first-order chi connectivity index (χ1) is 21.6. The van der Waals surface area contributed by atoms with Crippen LogP contribution in [0, 0.1) is 13.8 Å². The summed E-state index contributed by atoms with van der Waals surface area (Å²) >= 11 is 0. The molecule has 1 fully saturated rings. The quantitative estimate of drug-likeness (QED) is 0.161. The molecule has 228 valence electrons. The fourth-order valence-electron chi connectivity index (χ4n) is 5.98. The molecule has 5 heteroatoms. The van der Waals surface area contributed by atoms with Gasteiger partial charge in [0.15, 0.2) is 0 Å². The molecule has 3 aromatic carbocycles. The van der Waals surface area contributed by atoms with Crippen molar-refractivity contribution < 1.29 is 9.31 Å². The Kier molecular flexibility index (Phi) is 8.77. The van der Waals surface area contributed by atoms with Gasteiger partial charge in [0, 0.05) is 23.5 Å². The molecule has 5 aromatic rings. The standard InChI is InChI=1S/C40H43BN2O2/c1-28-21-37(32-13-9-7-10-14-32)42-26-34(28)19-17-30-23-31(25-36(24-30)41-44-39(3,4)40(5,6)45-41)18-20-35-27-43-38(22-29(35)2)33-15-11-8-12-16-33/h7-16,21-27H,17-20H2,1-6H3. The summed E-state index contributed by atoms with van der Waals surface area (Å²) in [6.07, 6.45) is 7.77. The Morgan fingerprint density at radius 3 is 1.38 bits per heavy atom. The smallest absolute Gasteiger partial charge is 0.399 e. The first-order valence-corrected chi connectivity index (χ1v) is 16.1. The van der Waals surface area contributed by atoms with E-state index in [0.29, 0.717) is 0 Å². The van der Waals surface area contributed by atoms with E-state index in [1.54, 1.807) is 0 Å². The molecule has 4 nitrogen and oxygen atoms in total. The number of benzene rings is 3. The van der Waals surface area contributed by atoms with Crippen molar-refractivity contribution in [1.82, 2.24) is 9.97 Å². The van der Waals surface area contributed by atoms with E-state index in [0.717, 1.165) is 53.7 Å². The summed E-state index contributed by atoms with van der Waals surface area (Å²) in [5, 5.41) is 0. The zero-order chi connectivity index (χ0) is 31.6. The lowest BCUT2D eigenvalue weighted by Crippen LogP contribution is -2.41. The number of aromatic nitrogens is 2. The Bertz CT molecular complexity index is 1660. The first kappa shape index (κ1) is 30.9. The van der Waals surface area contributed by atoms with Crippen LogP contribution in [0.15, 0.2) is 103 Å². The summed E-state index contributed by atoms with van der Waals surface area (Å²) in [4.78, 5) is 9.61. The molecular formula is C40H43BN2O2. The predicted molar refractivity (Wildman–Crippen MR) is 186 cm³/mol. The molecule has 1 saturated heterocycles. The number of rotatable bonds is 9. The molecule has 45 heavy (non-hydrogen) atoms. The minimum Gasteiger partial charge on any atom is -0.399 e. The fourth-order valence-corrected chi connectivity index (χ4v) is 5.98. The molecule has 0 spiro atoms. The van der Waals surface area contributed by atoms with Crippen LogP contribution >= 0.6 is 0 Å². The molecule has 0 N–H and O–H groups in total. The highest BCUT2D eigenvalue weighted by Crippen LogP contribution is 2.36. The van der Waals surface area contributed by atoms with Crippen LogP contribution in [-0.2, 0) is 35.0 Å². The van der Waals surface area contributed by atoms with Crippen LogP contribution in [0.3, 0.4) is 0 Å². The molecule has 0 atom stereocenters. The van der Waals surface area contributed by atoms with Gasteiger partial charge in [0.05, 0.1) is 22.6 Å².